The number of nitrogens with two attached hydrogens (primary N) is 1. The molecule has 4 aromatic rings. The van der Waals surface area contributed by atoms with Crippen molar-refractivity contribution in [3.05, 3.63) is 76.5 Å². The topological polar surface area (TPSA) is 176 Å². The number of sulfonamides is 1. The highest BCUT2D eigenvalue weighted by Crippen LogP contribution is 2.14. The van der Waals surface area contributed by atoms with Gasteiger partial charge in [-0.05, 0) is 42.5 Å². The van der Waals surface area contributed by atoms with Crippen LogP contribution in [0.2, 0.25) is 0 Å². The van der Waals surface area contributed by atoms with Crippen LogP contribution in [0, 0.1) is 0 Å². The van der Waals surface area contributed by atoms with Crippen LogP contribution >= 0.6 is 0 Å². The molecule has 0 unspecified atom stereocenters. The number of rotatable bonds is 7. The molecule has 0 aliphatic heterocycles. The zero-order valence-electron chi connectivity index (χ0n) is 16.6. The number of fused-ring (bicyclic) bond motifs is 1. The molecule has 6 N–H and O–H groups in total. The van der Waals surface area contributed by atoms with Crippen LogP contribution in [-0.2, 0) is 16.4 Å². The van der Waals surface area contributed by atoms with E-state index >= 15 is 0 Å². The van der Waals surface area contributed by atoms with E-state index in [1.54, 1.807) is 30.6 Å². The number of amides is 1. The van der Waals surface area contributed by atoms with E-state index in [2.05, 4.69) is 30.0 Å². The van der Waals surface area contributed by atoms with Gasteiger partial charge in [0.25, 0.3) is 11.5 Å². The zero-order valence-corrected chi connectivity index (χ0v) is 17.4. The highest BCUT2D eigenvalue weighted by atomic mass is 32.2. The van der Waals surface area contributed by atoms with Gasteiger partial charge in [-0.3, -0.25) is 19.6 Å². The monoisotopic (exact) mass is 453 g/mol. The molecule has 0 aliphatic rings. The number of nitrogens with zero attached hydrogens (tertiary/aromatic N) is 2. The van der Waals surface area contributed by atoms with Gasteiger partial charge in [-0.1, -0.05) is 0 Å². The first kappa shape index (κ1) is 21.2. The quantitative estimate of drug-likeness (QED) is 0.277. The zero-order chi connectivity index (χ0) is 22.7. The summed E-state index contributed by atoms with van der Waals surface area (Å²) in [5.74, 6) is -0.370. The molecule has 32 heavy (non-hydrogen) atoms. The SMILES string of the molecule is Nc1nc2[nH]c(CCNS(=O)(=O)c3ccc(C(=O)Nc4ccncc4)cc3)cc2c(=O)[nH]1. The predicted molar refractivity (Wildman–Crippen MR) is 119 cm³/mol. The number of nitrogen functional groups attached to an aromatic ring is 1. The van der Waals surface area contributed by atoms with E-state index < -0.39 is 10.0 Å². The molecule has 3 heterocycles. The molecule has 1 aromatic carbocycles. The summed E-state index contributed by atoms with van der Waals surface area (Å²) in [4.78, 5) is 37.4. The average molecular weight is 453 g/mol. The minimum absolute atomic E-state index is 0.00509. The largest absolute Gasteiger partial charge is 0.369 e. The van der Waals surface area contributed by atoms with Gasteiger partial charge in [0.15, 0.2) is 0 Å². The second kappa shape index (κ2) is 8.61. The number of hydrogen-bond acceptors (Lipinski definition) is 7. The molecule has 1 amide bonds. The lowest BCUT2D eigenvalue weighted by atomic mass is 10.2. The average Bonchev–Trinajstić information content (AvgIpc) is 3.17. The molecule has 0 bridgehead atoms. The fourth-order valence-corrected chi connectivity index (χ4v) is 4.09. The van der Waals surface area contributed by atoms with E-state index in [4.69, 9.17) is 5.73 Å². The maximum Gasteiger partial charge on any atom is 0.261 e. The maximum absolute atomic E-state index is 12.6. The molecule has 0 saturated carbocycles. The van der Waals surface area contributed by atoms with Crippen LogP contribution in [0.4, 0.5) is 11.6 Å². The van der Waals surface area contributed by atoms with Crippen LogP contribution in [0.1, 0.15) is 16.1 Å². The molecule has 0 spiro atoms. The van der Waals surface area contributed by atoms with Gasteiger partial charge in [0.1, 0.15) is 5.65 Å². The van der Waals surface area contributed by atoms with E-state index in [1.807, 2.05) is 0 Å². The molecule has 0 radical (unpaired) electrons. The van der Waals surface area contributed by atoms with E-state index in [0.717, 1.165) is 0 Å². The van der Waals surface area contributed by atoms with E-state index in [9.17, 15) is 18.0 Å². The van der Waals surface area contributed by atoms with Gasteiger partial charge >= 0.3 is 0 Å². The summed E-state index contributed by atoms with van der Waals surface area (Å²) in [5.41, 5.74) is 7.02. The molecule has 4 rings (SSSR count). The van der Waals surface area contributed by atoms with E-state index in [1.165, 1.54) is 24.3 Å². The Labute approximate surface area is 182 Å². The van der Waals surface area contributed by atoms with Gasteiger partial charge in [-0.15, -0.1) is 0 Å². The second-order valence-electron chi connectivity index (χ2n) is 6.87. The maximum atomic E-state index is 12.6. The number of aromatic amines is 2. The third-order valence-electron chi connectivity index (χ3n) is 4.62. The molecule has 0 atom stereocenters. The van der Waals surface area contributed by atoms with E-state index in [-0.39, 0.29) is 28.9 Å². The van der Waals surface area contributed by atoms with Crippen LogP contribution < -0.4 is 21.3 Å². The molecule has 0 saturated heterocycles. The Kier molecular flexibility index (Phi) is 5.71. The summed E-state index contributed by atoms with van der Waals surface area (Å²) in [6.45, 7) is 0.0901. The highest BCUT2D eigenvalue weighted by molar-refractivity contribution is 7.89. The number of H-pyrrole nitrogens is 2. The molecular formula is C20H19N7O4S. The summed E-state index contributed by atoms with van der Waals surface area (Å²) in [5, 5.41) is 3.05. The Balaban J connectivity index is 1.38. The van der Waals surface area contributed by atoms with Gasteiger partial charge in [0.05, 0.1) is 10.3 Å². The number of hydrogen-bond donors (Lipinski definition) is 5. The van der Waals surface area contributed by atoms with Crippen LogP contribution in [0.5, 0.6) is 0 Å². The van der Waals surface area contributed by atoms with Crippen LogP contribution in [0.15, 0.2) is 64.5 Å². The summed E-state index contributed by atoms with van der Waals surface area (Å²) < 4.78 is 27.6. The molecule has 11 nitrogen and oxygen atoms in total. The molecule has 0 fully saturated rings. The van der Waals surface area contributed by atoms with Crippen LogP contribution in [-0.4, -0.2) is 40.8 Å². The highest BCUT2D eigenvalue weighted by Gasteiger charge is 2.15. The van der Waals surface area contributed by atoms with E-state index in [0.29, 0.717) is 34.4 Å². The minimum Gasteiger partial charge on any atom is -0.369 e. The van der Waals surface area contributed by atoms with Crippen LogP contribution in [0.25, 0.3) is 11.0 Å². The Bertz CT molecular complexity index is 1430. The standard InChI is InChI=1S/C20H19N7O4S/c21-20-26-17-16(19(29)27-20)11-14(24-17)7-10-23-32(30,31)15-3-1-12(2-4-15)18(28)25-13-5-8-22-9-6-13/h1-6,8-9,11,23H,7,10H2,(H,22,25,28)(H4,21,24,26,27,29). The van der Waals surface area contributed by atoms with Gasteiger partial charge in [0, 0.05) is 42.3 Å². The minimum atomic E-state index is -3.78. The first-order valence-electron chi connectivity index (χ1n) is 9.50. The van der Waals surface area contributed by atoms with Crippen molar-refractivity contribution >= 4 is 38.6 Å². The summed E-state index contributed by atoms with van der Waals surface area (Å²) >= 11 is 0. The summed E-state index contributed by atoms with van der Waals surface area (Å²) in [6.07, 6.45) is 3.41. The lowest BCUT2D eigenvalue weighted by Crippen LogP contribution is -2.26. The Hall–Kier alpha value is -4.03. The third-order valence-corrected chi connectivity index (χ3v) is 6.10. The Morgan fingerprint density at radius 1 is 1.06 bits per heavy atom. The Morgan fingerprint density at radius 2 is 1.78 bits per heavy atom. The van der Waals surface area contributed by atoms with Crippen LogP contribution in [0.3, 0.4) is 0 Å². The number of carbonyl (C=O) groups excluding carboxylic acids is 1. The predicted octanol–water partition coefficient (Wildman–Crippen LogP) is 1.00. The first-order valence-corrected chi connectivity index (χ1v) is 11.0. The fourth-order valence-electron chi connectivity index (χ4n) is 3.05. The van der Waals surface area contributed by atoms with Crippen molar-refractivity contribution in [1.29, 1.82) is 0 Å². The van der Waals surface area contributed by atoms with Crippen molar-refractivity contribution in [3.63, 3.8) is 0 Å². The molecular weight excluding hydrogens is 434 g/mol. The van der Waals surface area contributed by atoms with Gasteiger partial charge in [-0.2, -0.15) is 4.98 Å². The molecule has 0 aliphatic carbocycles. The number of carbonyl (C=O) groups is 1. The molecule has 3 aromatic heterocycles. The van der Waals surface area contributed by atoms with Gasteiger partial charge < -0.3 is 16.0 Å². The lowest BCUT2D eigenvalue weighted by molar-refractivity contribution is 0.102. The van der Waals surface area contributed by atoms with Crippen molar-refractivity contribution in [2.24, 2.45) is 0 Å². The van der Waals surface area contributed by atoms with Crippen molar-refractivity contribution in [3.8, 4) is 0 Å². The number of nitrogens with one attached hydrogen (secondary N) is 4. The smallest absolute Gasteiger partial charge is 0.261 e. The van der Waals surface area contributed by atoms with Crippen molar-refractivity contribution in [2.45, 2.75) is 11.3 Å². The van der Waals surface area contributed by atoms with Gasteiger partial charge in [-0.25, -0.2) is 13.1 Å². The van der Waals surface area contributed by atoms with Gasteiger partial charge in [0.2, 0.25) is 16.0 Å². The summed E-state index contributed by atoms with van der Waals surface area (Å²) in [7, 11) is -3.78. The number of benzene rings is 1. The number of aromatic nitrogens is 4. The van der Waals surface area contributed by atoms with Crippen molar-refractivity contribution < 1.29 is 13.2 Å². The summed E-state index contributed by atoms with van der Waals surface area (Å²) in [6, 6.07) is 10.5. The van der Waals surface area contributed by atoms with Crippen molar-refractivity contribution in [1.82, 2.24) is 24.7 Å². The molecule has 164 valence electrons. The Morgan fingerprint density at radius 3 is 2.50 bits per heavy atom. The van der Waals surface area contributed by atoms with Crippen molar-refractivity contribution in [2.75, 3.05) is 17.6 Å². The normalized spacial score (nSPS) is 11.5. The number of anilines is 2. The third kappa shape index (κ3) is 4.66. The number of pyridine rings is 1. The molecule has 12 heteroatoms. The second-order valence-corrected chi connectivity index (χ2v) is 8.64. The lowest BCUT2D eigenvalue weighted by Gasteiger charge is -2.08. The fraction of sp³-hybridized carbons (Fsp3) is 0.100. The first-order chi connectivity index (χ1) is 15.3.